The fourth-order valence-electron chi connectivity index (χ4n) is 3.98. The van der Waals surface area contributed by atoms with Crippen LogP contribution in [0.4, 0.5) is 15.8 Å². The van der Waals surface area contributed by atoms with Crippen LogP contribution in [0.15, 0.2) is 25.0 Å². The molecule has 10 heteroatoms. The number of rotatable bonds is 2. The van der Waals surface area contributed by atoms with E-state index >= 15 is 0 Å². The monoisotopic (exact) mass is 414 g/mol. The molecular weight excluding hydrogens is 399 g/mol. The molecule has 0 radical (unpaired) electrons. The fraction of sp³-hybridized carbons (Fsp3) is 0.316. The minimum Gasteiger partial charge on any atom is -0.354 e. The molecule has 4 rings (SSSR count). The van der Waals surface area contributed by atoms with Crippen LogP contribution in [-0.2, 0) is 9.59 Å². The van der Waals surface area contributed by atoms with Crippen LogP contribution in [0.2, 0.25) is 5.15 Å². The Kier molecular flexibility index (Phi) is 4.59. The molecule has 148 valence electrons. The number of likely N-dealkylation sites (N-methyl/N-ethyl adjacent to an activating group) is 1. The predicted molar refractivity (Wildman–Crippen MR) is 105 cm³/mol. The van der Waals surface area contributed by atoms with Crippen molar-refractivity contribution in [2.45, 2.75) is 18.5 Å². The van der Waals surface area contributed by atoms with E-state index in [1.807, 2.05) is 4.90 Å². The van der Waals surface area contributed by atoms with Gasteiger partial charge in [-0.3, -0.25) is 14.6 Å². The summed E-state index contributed by atoms with van der Waals surface area (Å²) in [6.07, 6.45) is 4.11. The second-order valence-electron chi connectivity index (χ2n) is 6.89. The molecule has 2 amide bonds. The Morgan fingerprint density at radius 2 is 2.21 bits per heavy atom. The van der Waals surface area contributed by atoms with Gasteiger partial charge < -0.3 is 14.7 Å². The van der Waals surface area contributed by atoms with E-state index in [2.05, 4.69) is 22.6 Å². The van der Waals surface area contributed by atoms with Gasteiger partial charge in [-0.2, -0.15) is 5.26 Å². The van der Waals surface area contributed by atoms with Gasteiger partial charge in [0.15, 0.2) is 11.0 Å². The number of hydrogen-bond donors (Lipinski definition) is 0. The van der Waals surface area contributed by atoms with Gasteiger partial charge in [-0.25, -0.2) is 9.37 Å². The van der Waals surface area contributed by atoms with Gasteiger partial charge in [-0.1, -0.05) is 18.2 Å². The van der Waals surface area contributed by atoms with Crippen molar-refractivity contribution in [1.29, 1.82) is 5.26 Å². The lowest BCUT2D eigenvalue weighted by Gasteiger charge is -2.50. The third kappa shape index (κ3) is 2.79. The van der Waals surface area contributed by atoms with Crippen LogP contribution in [-0.4, -0.2) is 58.9 Å². The molecule has 0 aliphatic carbocycles. The largest absolute Gasteiger partial charge is 0.354 e. The number of pyridine rings is 2. The van der Waals surface area contributed by atoms with E-state index in [1.54, 1.807) is 7.05 Å². The molecule has 2 aliphatic rings. The number of nitrogens with zero attached hydrogens (tertiary/aromatic N) is 6. The number of halogens is 2. The molecule has 8 nitrogen and oxygen atoms in total. The first kappa shape index (κ1) is 19.1. The zero-order valence-electron chi connectivity index (χ0n) is 15.5. The number of hydrogen-bond acceptors (Lipinski definition) is 6. The molecule has 2 aliphatic heterocycles. The van der Waals surface area contributed by atoms with Crippen molar-refractivity contribution in [1.82, 2.24) is 14.9 Å². The molecule has 1 saturated heterocycles. The summed E-state index contributed by atoms with van der Waals surface area (Å²) in [5.74, 6) is -1.30. The first-order valence-electron chi connectivity index (χ1n) is 8.86. The standard InChI is InChI=1S/C19H16ClFN6O2/c1-3-14(28)26-9-13-19(29)25(2)12-7-23-16-11(6-24-18(20)15(16)21)17(12)27(13)8-10(26)4-5-22/h3,6-7,10,13H,1,4,8-9H2,2H3. The highest BCUT2D eigenvalue weighted by molar-refractivity contribution is 6.30. The van der Waals surface area contributed by atoms with Crippen LogP contribution in [0, 0.1) is 17.1 Å². The fourth-order valence-corrected chi connectivity index (χ4v) is 4.12. The maximum atomic E-state index is 14.5. The smallest absolute Gasteiger partial charge is 0.251 e. The average Bonchev–Trinajstić information content (AvgIpc) is 2.73. The maximum absolute atomic E-state index is 14.5. The second-order valence-corrected chi connectivity index (χ2v) is 7.25. The molecule has 1 fully saturated rings. The molecule has 29 heavy (non-hydrogen) atoms. The minimum atomic E-state index is -0.739. The molecule has 0 spiro atoms. The van der Waals surface area contributed by atoms with E-state index in [0.29, 0.717) is 16.8 Å². The van der Waals surface area contributed by atoms with Gasteiger partial charge >= 0.3 is 0 Å². The molecular formula is C19H16ClFN6O2. The van der Waals surface area contributed by atoms with Gasteiger partial charge in [0.1, 0.15) is 11.6 Å². The summed E-state index contributed by atoms with van der Waals surface area (Å²) < 4.78 is 14.5. The number of fused-ring (bicyclic) bond motifs is 5. The number of aromatic nitrogens is 2. The van der Waals surface area contributed by atoms with E-state index in [4.69, 9.17) is 11.6 Å². The molecule has 4 heterocycles. The molecule has 0 saturated carbocycles. The Morgan fingerprint density at radius 1 is 1.45 bits per heavy atom. The van der Waals surface area contributed by atoms with Gasteiger partial charge in [0.05, 0.1) is 42.6 Å². The zero-order chi connectivity index (χ0) is 20.9. The molecule has 0 aromatic carbocycles. The van der Waals surface area contributed by atoms with Crippen molar-refractivity contribution in [3.63, 3.8) is 0 Å². The molecule has 2 aromatic rings. The lowest BCUT2D eigenvalue weighted by Crippen LogP contribution is -2.66. The Bertz CT molecular complexity index is 1100. The minimum absolute atomic E-state index is 0.0479. The molecule has 2 atom stereocenters. The molecule has 2 aromatic heterocycles. The van der Waals surface area contributed by atoms with Crippen LogP contribution < -0.4 is 9.80 Å². The third-order valence-corrected chi connectivity index (χ3v) is 5.67. The van der Waals surface area contributed by atoms with Crippen LogP contribution in [0.25, 0.3) is 10.9 Å². The lowest BCUT2D eigenvalue weighted by molar-refractivity contribution is -0.131. The summed E-state index contributed by atoms with van der Waals surface area (Å²) in [7, 11) is 1.60. The molecule has 0 N–H and O–H groups in total. The maximum Gasteiger partial charge on any atom is 0.251 e. The van der Waals surface area contributed by atoms with E-state index in [-0.39, 0.29) is 42.0 Å². The summed E-state index contributed by atoms with van der Waals surface area (Å²) in [6, 6.07) is 0.957. The van der Waals surface area contributed by atoms with Crippen molar-refractivity contribution < 1.29 is 14.0 Å². The molecule has 2 unspecified atom stereocenters. The van der Waals surface area contributed by atoms with Gasteiger partial charge in [0.25, 0.3) is 5.91 Å². The summed E-state index contributed by atoms with van der Waals surface area (Å²) >= 11 is 5.80. The summed E-state index contributed by atoms with van der Waals surface area (Å²) in [5, 5.41) is 9.35. The van der Waals surface area contributed by atoms with Gasteiger partial charge in [-0.15, -0.1) is 0 Å². The van der Waals surface area contributed by atoms with Crippen LogP contribution in [0.5, 0.6) is 0 Å². The van der Waals surface area contributed by atoms with Crippen LogP contribution >= 0.6 is 11.6 Å². The topological polar surface area (TPSA) is 93.4 Å². The Balaban J connectivity index is 1.91. The van der Waals surface area contributed by atoms with E-state index in [9.17, 15) is 19.2 Å². The third-order valence-electron chi connectivity index (χ3n) is 5.41. The van der Waals surface area contributed by atoms with Crippen molar-refractivity contribution in [2.75, 3.05) is 29.9 Å². The summed E-state index contributed by atoms with van der Waals surface area (Å²) in [4.78, 5) is 38.1. The van der Waals surface area contributed by atoms with E-state index in [0.717, 1.165) is 0 Å². The molecule has 0 bridgehead atoms. The predicted octanol–water partition coefficient (Wildman–Crippen LogP) is 1.88. The van der Waals surface area contributed by atoms with Crippen LogP contribution in [0.3, 0.4) is 0 Å². The number of carbonyl (C=O) groups is 2. The zero-order valence-corrected chi connectivity index (χ0v) is 16.2. The van der Waals surface area contributed by atoms with Crippen molar-refractivity contribution in [3.8, 4) is 6.07 Å². The first-order valence-corrected chi connectivity index (χ1v) is 9.23. The first-order chi connectivity index (χ1) is 13.9. The number of amides is 2. The average molecular weight is 415 g/mol. The van der Waals surface area contributed by atoms with Crippen molar-refractivity contribution in [2.24, 2.45) is 0 Å². The lowest BCUT2D eigenvalue weighted by atomic mass is 9.97. The Morgan fingerprint density at radius 3 is 2.90 bits per heavy atom. The normalized spacial score (nSPS) is 20.9. The highest BCUT2D eigenvalue weighted by Gasteiger charge is 2.45. The number of carbonyl (C=O) groups excluding carboxylic acids is 2. The second kappa shape index (κ2) is 6.97. The number of anilines is 2. The highest BCUT2D eigenvalue weighted by atomic mass is 35.5. The summed E-state index contributed by atoms with van der Waals surface area (Å²) in [5.41, 5.74) is 1.13. The summed E-state index contributed by atoms with van der Waals surface area (Å²) in [6.45, 7) is 3.83. The Labute approximate surface area is 170 Å². The van der Waals surface area contributed by atoms with Crippen LogP contribution in [0.1, 0.15) is 6.42 Å². The van der Waals surface area contributed by atoms with Gasteiger partial charge in [-0.05, 0) is 6.08 Å². The van der Waals surface area contributed by atoms with E-state index in [1.165, 1.54) is 28.3 Å². The van der Waals surface area contributed by atoms with Gasteiger partial charge in [0, 0.05) is 25.2 Å². The highest BCUT2D eigenvalue weighted by Crippen LogP contribution is 2.42. The number of nitriles is 1. The van der Waals surface area contributed by atoms with Crippen molar-refractivity contribution >= 4 is 45.7 Å². The number of piperazine rings is 1. The van der Waals surface area contributed by atoms with Gasteiger partial charge in [0.2, 0.25) is 5.91 Å². The SMILES string of the molecule is C=CC(=O)N1CC2C(=O)N(C)c3cnc4c(F)c(Cl)ncc4c3N2CC1CC#N. The quantitative estimate of drug-likeness (QED) is 0.550. The van der Waals surface area contributed by atoms with Crippen molar-refractivity contribution in [3.05, 3.63) is 36.0 Å². The Hall–Kier alpha value is -3.25. The van der Waals surface area contributed by atoms with E-state index < -0.39 is 17.9 Å².